The Hall–Kier alpha value is -1.26. The van der Waals surface area contributed by atoms with Crippen LogP contribution in [0.2, 0.25) is 0 Å². The first-order valence-corrected chi connectivity index (χ1v) is 6.85. The number of allylic oxidation sites excluding steroid dienone is 4. The minimum absolute atomic E-state index is 0.0871. The van der Waals surface area contributed by atoms with Gasteiger partial charge >= 0.3 is 0 Å². The van der Waals surface area contributed by atoms with E-state index < -0.39 is 5.60 Å². The second-order valence-corrected chi connectivity index (χ2v) is 5.80. The summed E-state index contributed by atoms with van der Waals surface area (Å²) in [4.78, 5) is 0. The van der Waals surface area contributed by atoms with Gasteiger partial charge in [0.2, 0.25) is 0 Å². The van der Waals surface area contributed by atoms with Crippen LogP contribution < -0.4 is 0 Å². The Kier molecular flexibility index (Phi) is 7.49. The van der Waals surface area contributed by atoms with E-state index in [2.05, 4.69) is 45.4 Å². The standard InChI is InChI=1S/C18H28O/c1-8-18(7,19)17(15(4)5)13-12-16(6)11-9-10-14(2)3/h1,10,12,17,19H,4,9,11,13H2,2-3,5-7H3. The van der Waals surface area contributed by atoms with E-state index in [-0.39, 0.29) is 5.92 Å². The van der Waals surface area contributed by atoms with E-state index in [9.17, 15) is 5.11 Å². The van der Waals surface area contributed by atoms with Gasteiger partial charge in [-0.3, -0.25) is 0 Å². The molecular formula is C18H28O. The van der Waals surface area contributed by atoms with Crippen molar-refractivity contribution in [1.29, 1.82) is 0 Å². The van der Waals surface area contributed by atoms with Crippen molar-refractivity contribution in [3.05, 3.63) is 35.5 Å². The SMILES string of the molecule is C#CC(C)(O)C(CC=C(C)CCC=C(C)C)C(=C)C. The van der Waals surface area contributed by atoms with E-state index in [0.29, 0.717) is 0 Å². The maximum absolute atomic E-state index is 10.2. The minimum atomic E-state index is -1.12. The topological polar surface area (TPSA) is 20.2 Å². The van der Waals surface area contributed by atoms with Crippen molar-refractivity contribution in [2.24, 2.45) is 5.92 Å². The molecular weight excluding hydrogens is 232 g/mol. The molecule has 0 aliphatic heterocycles. The molecule has 0 saturated carbocycles. The Labute approximate surface area is 119 Å². The van der Waals surface area contributed by atoms with E-state index >= 15 is 0 Å². The number of rotatable bonds is 7. The van der Waals surface area contributed by atoms with E-state index in [4.69, 9.17) is 6.42 Å². The number of hydrogen-bond acceptors (Lipinski definition) is 1. The first kappa shape index (κ1) is 17.7. The Morgan fingerprint density at radius 3 is 2.32 bits per heavy atom. The lowest BCUT2D eigenvalue weighted by Gasteiger charge is -2.28. The molecule has 0 bridgehead atoms. The summed E-state index contributed by atoms with van der Waals surface area (Å²) in [7, 11) is 0. The predicted octanol–water partition coefficient (Wildman–Crippen LogP) is 4.65. The predicted molar refractivity (Wildman–Crippen MR) is 84.8 cm³/mol. The Morgan fingerprint density at radius 2 is 1.89 bits per heavy atom. The molecule has 2 atom stereocenters. The number of hydrogen-bond donors (Lipinski definition) is 1. The van der Waals surface area contributed by atoms with Crippen molar-refractivity contribution >= 4 is 0 Å². The molecule has 0 saturated heterocycles. The van der Waals surface area contributed by atoms with E-state index in [1.807, 2.05) is 6.92 Å². The van der Waals surface area contributed by atoms with Gasteiger partial charge in [-0.1, -0.05) is 41.4 Å². The van der Waals surface area contributed by atoms with Gasteiger partial charge < -0.3 is 5.11 Å². The van der Waals surface area contributed by atoms with Gasteiger partial charge in [0.15, 0.2) is 0 Å². The van der Waals surface area contributed by atoms with Crippen LogP contribution >= 0.6 is 0 Å². The Balaban J connectivity index is 4.60. The zero-order valence-electron chi connectivity index (χ0n) is 13.1. The van der Waals surface area contributed by atoms with E-state index in [1.54, 1.807) is 6.92 Å². The maximum Gasteiger partial charge on any atom is 0.129 e. The lowest BCUT2D eigenvalue weighted by molar-refractivity contribution is 0.0735. The summed E-state index contributed by atoms with van der Waals surface area (Å²) >= 11 is 0. The lowest BCUT2D eigenvalue weighted by Crippen LogP contribution is -2.33. The van der Waals surface area contributed by atoms with E-state index in [0.717, 1.165) is 24.8 Å². The second kappa shape index (κ2) is 8.02. The van der Waals surface area contributed by atoms with Crippen LogP contribution in [0.5, 0.6) is 0 Å². The van der Waals surface area contributed by atoms with Crippen molar-refractivity contribution in [2.45, 2.75) is 59.5 Å². The molecule has 1 heteroatoms. The fourth-order valence-corrected chi connectivity index (χ4v) is 2.02. The van der Waals surface area contributed by atoms with Crippen molar-refractivity contribution in [3.8, 4) is 12.3 Å². The number of terminal acetylenes is 1. The highest BCUT2D eigenvalue weighted by atomic mass is 16.3. The summed E-state index contributed by atoms with van der Waals surface area (Å²) in [6.07, 6.45) is 12.7. The molecule has 0 aromatic carbocycles. The van der Waals surface area contributed by atoms with Crippen molar-refractivity contribution in [2.75, 3.05) is 0 Å². The molecule has 0 heterocycles. The maximum atomic E-state index is 10.2. The highest BCUT2D eigenvalue weighted by Gasteiger charge is 2.29. The zero-order valence-corrected chi connectivity index (χ0v) is 13.1. The highest BCUT2D eigenvalue weighted by molar-refractivity contribution is 5.18. The molecule has 0 spiro atoms. The molecule has 1 nitrogen and oxygen atoms in total. The van der Waals surface area contributed by atoms with Gasteiger partial charge in [0.25, 0.3) is 0 Å². The molecule has 0 fully saturated rings. The molecule has 0 amide bonds. The first-order chi connectivity index (χ1) is 8.70. The third-order valence-electron chi connectivity index (χ3n) is 3.36. The Morgan fingerprint density at radius 1 is 1.32 bits per heavy atom. The summed E-state index contributed by atoms with van der Waals surface area (Å²) in [5, 5.41) is 10.2. The fourth-order valence-electron chi connectivity index (χ4n) is 2.02. The van der Waals surface area contributed by atoms with Gasteiger partial charge in [0.05, 0.1) is 0 Å². The van der Waals surface area contributed by atoms with Crippen LogP contribution in [0.3, 0.4) is 0 Å². The first-order valence-electron chi connectivity index (χ1n) is 6.85. The lowest BCUT2D eigenvalue weighted by atomic mass is 9.82. The normalized spacial score (nSPS) is 16.2. The molecule has 106 valence electrons. The molecule has 1 N–H and O–H groups in total. The van der Waals surface area contributed by atoms with Crippen LogP contribution in [0.25, 0.3) is 0 Å². The molecule has 2 unspecified atom stereocenters. The van der Waals surface area contributed by atoms with Crippen molar-refractivity contribution < 1.29 is 5.11 Å². The summed E-state index contributed by atoms with van der Waals surface area (Å²) in [5.74, 6) is 2.37. The summed E-state index contributed by atoms with van der Waals surface area (Å²) < 4.78 is 0. The van der Waals surface area contributed by atoms with Crippen LogP contribution in [0.4, 0.5) is 0 Å². The molecule has 0 aliphatic carbocycles. The van der Waals surface area contributed by atoms with Gasteiger partial charge in [0, 0.05) is 5.92 Å². The fraction of sp³-hybridized carbons (Fsp3) is 0.556. The smallest absolute Gasteiger partial charge is 0.129 e. The van der Waals surface area contributed by atoms with Crippen molar-refractivity contribution in [1.82, 2.24) is 0 Å². The van der Waals surface area contributed by atoms with Crippen LogP contribution in [0.1, 0.15) is 53.9 Å². The van der Waals surface area contributed by atoms with Gasteiger partial charge in [-0.15, -0.1) is 6.42 Å². The molecule has 0 rings (SSSR count). The van der Waals surface area contributed by atoms with E-state index in [1.165, 1.54) is 11.1 Å². The van der Waals surface area contributed by atoms with Crippen molar-refractivity contribution in [3.63, 3.8) is 0 Å². The summed E-state index contributed by atoms with van der Waals surface area (Å²) in [6, 6.07) is 0. The zero-order chi connectivity index (χ0) is 15.1. The summed E-state index contributed by atoms with van der Waals surface area (Å²) in [6.45, 7) is 13.9. The molecule has 0 radical (unpaired) electrons. The average Bonchev–Trinajstić information content (AvgIpc) is 2.27. The highest BCUT2D eigenvalue weighted by Crippen LogP contribution is 2.27. The van der Waals surface area contributed by atoms with Gasteiger partial charge in [-0.25, -0.2) is 0 Å². The van der Waals surface area contributed by atoms with Crippen LogP contribution in [-0.2, 0) is 0 Å². The van der Waals surface area contributed by atoms with Crippen LogP contribution in [0.15, 0.2) is 35.5 Å². The quantitative estimate of drug-likeness (QED) is 0.522. The molecule has 19 heavy (non-hydrogen) atoms. The third-order valence-corrected chi connectivity index (χ3v) is 3.36. The molecule has 0 aromatic heterocycles. The van der Waals surface area contributed by atoms with Crippen LogP contribution in [0, 0.1) is 18.3 Å². The van der Waals surface area contributed by atoms with Crippen LogP contribution in [-0.4, -0.2) is 10.7 Å². The van der Waals surface area contributed by atoms with Gasteiger partial charge in [-0.05, 0) is 53.9 Å². The molecule has 0 aromatic rings. The largest absolute Gasteiger partial charge is 0.377 e. The third kappa shape index (κ3) is 7.03. The minimum Gasteiger partial charge on any atom is -0.377 e. The monoisotopic (exact) mass is 260 g/mol. The second-order valence-electron chi connectivity index (χ2n) is 5.80. The Bertz CT molecular complexity index is 398. The molecule has 0 aliphatic rings. The summed E-state index contributed by atoms with van der Waals surface area (Å²) in [5.41, 5.74) is 2.48. The van der Waals surface area contributed by atoms with Gasteiger partial charge in [-0.2, -0.15) is 0 Å². The van der Waals surface area contributed by atoms with Gasteiger partial charge in [0.1, 0.15) is 5.60 Å². The number of aliphatic hydroxyl groups is 1. The average molecular weight is 260 g/mol.